The predicted octanol–water partition coefficient (Wildman–Crippen LogP) is 6.19. The number of hydrogen-bond donors (Lipinski definition) is 0. The maximum absolute atomic E-state index is 12.3. The highest BCUT2D eigenvalue weighted by Gasteiger charge is 2.24. The number of hydrogen-bond acceptors (Lipinski definition) is 6. The Labute approximate surface area is 206 Å². The highest BCUT2D eigenvalue weighted by molar-refractivity contribution is 9.10. The van der Waals surface area contributed by atoms with E-state index >= 15 is 0 Å². The van der Waals surface area contributed by atoms with Crippen molar-refractivity contribution in [1.82, 2.24) is 0 Å². The molecule has 1 aliphatic heterocycles. The van der Waals surface area contributed by atoms with Gasteiger partial charge in [-0.15, -0.1) is 0 Å². The fourth-order valence-corrected chi connectivity index (χ4v) is 3.53. The Morgan fingerprint density at radius 1 is 1.03 bits per heavy atom. The van der Waals surface area contributed by atoms with Crippen molar-refractivity contribution in [2.24, 2.45) is 4.99 Å². The zero-order valence-corrected chi connectivity index (χ0v) is 20.1. The standard InChI is InChI=1S/C27H22BrNO5/c1-2-3-15-32-22-13-9-19(10-14-22)25-29-24(27(31)34-25)16-18-7-11-23(12-8-18)33-26(30)20-5-4-6-21(28)17-20/h4-14,16-17H,2-3,15H2,1H3/b24-16-. The summed E-state index contributed by atoms with van der Waals surface area (Å²) in [7, 11) is 0. The van der Waals surface area contributed by atoms with Crippen LogP contribution in [0.4, 0.5) is 0 Å². The molecule has 0 N–H and O–H groups in total. The summed E-state index contributed by atoms with van der Waals surface area (Å²) in [4.78, 5) is 28.9. The molecule has 0 spiro atoms. The van der Waals surface area contributed by atoms with Crippen LogP contribution in [0.1, 0.15) is 41.3 Å². The Hall–Kier alpha value is -3.71. The van der Waals surface area contributed by atoms with Gasteiger partial charge in [-0.05, 0) is 72.7 Å². The van der Waals surface area contributed by atoms with Crippen LogP contribution >= 0.6 is 15.9 Å². The van der Waals surface area contributed by atoms with Crippen molar-refractivity contribution in [3.63, 3.8) is 0 Å². The van der Waals surface area contributed by atoms with Gasteiger partial charge in [-0.2, -0.15) is 0 Å². The second-order valence-corrected chi connectivity index (χ2v) is 8.45. The van der Waals surface area contributed by atoms with Gasteiger partial charge in [-0.1, -0.05) is 47.5 Å². The molecule has 3 aromatic carbocycles. The minimum absolute atomic E-state index is 0.192. The van der Waals surface area contributed by atoms with Crippen LogP contribution in [0.25, 0.3) is 6.08 Å². The number of unbranched alkanes of at least 4 members (excludes halogenated alkanes) is 1. The number of halogens is 1. The molecule has 0 aromatic heterocycles. The molecule has 0 atom stereocenters. The van der Waals surface area contributed by atoms with Gasteiger partial charge in [0.1, 0.15) is 11.5 Å². The zero-order valence-electron chi connectivity index (χ0n) is 18.5. The van der Waals surface area contributed by atoms with E-state index in [4.69, 9.17) is 14.2 Å². The maximum atomic E-state index is 12.3. The number of carbonyl (C=O) groups is 2. The SMILES string of the molecule is CCCCOc1ccc(C2=N/C(=C\c3ccc(OC(=O)c4cccc(Br)c4)cc3)C(=O)O2)cc1. The minimum atomic E-state index is -0.525. The van der Waals surface area contributed by atoms with Crippen LogP contribution < -0.4 is 9.47 Å². The van der Waals surface area contributed by atoms with Crippen LogP contribution in [0, 0.1) is 0 Å². The summed E-state index contributed by atoms with van der Waals surface area (Å²) in [5, 5.41) is 0. The minimum Gasteiger partial charge on any atom is -0.494 e. The van der Waals surface area contributed by atoms with Crippen molar-refractivity contribution >= 4 is 39.8 Å². The number of rotatable bonds is 8. The monoisotopic (exact) mass is 519 g/mol. The van der Waals surface area contributed by atoms with E-state index in [-0.39, 0.29) is 11.6 Å². The molecule has 0 saturated carbocycles. The van der Waals surface area contributed by atoms with Gasteiger partial charge in [-0.25, -0.2) is 14.6 Å². The second kappa shape index (κ2) is 10.9. The summed E-state index contributed by atoms with van der Waals surface area (Å²) in [6.07, 6.45) is 3.69. The smallest absolute Gasteiger partial charge is 0.363 e. The fraction of sp³-hybridized carbons (Fsp3) is 0.148. The summed E-state index contributed by atoms with van der Waals surface area (Å²) >= 11 is 3.34. The van der Waals surface area contributed by atoms with Crippen LogP contribution in [-0.2, 0) is 9.53 Å². The van der Waals surface area contributed by atoms with Gasteiger partial charge in [0.05, 0.1) is 12.2 Å². The molecule has 172 valence electrons. The Morgan fingerprint density at radius 3 is 2.47 bits per heavy atom. The van der Waals surface area contributed by atoms with Crippen molar-refractivity contribution in [2.75, 3.05) is 6.61 Å². The average molecular weight is 520 g/mol. The van der Waals surface area contributed by atoms with E-state index in [9.17, 15) is 9.59 Å². The molecule has 0 saturated heterocycles. The number of nitrogens with zero attached hydrogens (tertiary/aromatic N) is 1. The first-order chi connectivity index (χ1) is 16.5. The number of carbonyl (C=O) groups excluding carboxylic acids is 2. The van der Waals surface area contributed by atoms with Crippen molar-refractivity contribution in [2.45, 2.75) is 19.8 Å². The van der Waals surface area contributed by atoms with E-state index in [1.54, 1.807) is 48.5 Å². The summed E-state index contributed by atoms with van der Waals surface area (Å²) in [5.41, 5.74) is 2.04. The first kappa shape index (κ1) is 23.4. The summed E-state index contributed by atoms with van der Waals surface area (Å²) < 4.78 is 17.2. The van der Waals surface area contributed by atoms with Gasteiger partial charge in [-0.3, -0.25) is 0 Å². The maximum Gasteiger partial charge on any atom is 0.363 e. The van der Waals surface area contributed by atoms with E-state index in [0.29, 0.717) is 23.5 Å². The molecule has 0 aliphatic carbocycles. The number of cyclic esters (lactones) is 1. The fourth-order valence-electron chi connectivity index (χ4n) is 3.13. The molecule has 0 amide bonds. The molecule has 6 nitrogen and oxygen atoms in total. The topological polar surface area (TPSA) is 74.2 Å². The largest absolute Gasteiger partial charge is 0.494 e. The number of aliphatic imine (C=N–C) groups is 1. The van der Waals surface area contributed by atoms with Crippen molar-refractivity contribution < 1.29 is 23.8 Å². The van der Waals surface area contributed by atoms with Crippen LogP contribution in [0.15, 0.2) is 88.0 Å². The molecule has 4 rings (SSSR count). The number of ether oxygens (including phenoxy) is 3. The first-order valence-corrected chi connectivity index (χ1v) is 11.6. The Morgan fingerprint density at radius 2 is 1.76 bits per heavy atom. The third kappa shape index (κ3) is 5.99. The van der Waals surface area contributed by atoms with Gasteiger partial charge < -0.3 is 14.2 Å². The highest BCUT2D eigenvalue weighted by atomic mass is 79.9. The molecule has 1 heterocycles. The molecule has 0 bridgehead atoms. The Kier molecular flexibility index (Phi) is 7.54. The average Bonchev–Trinajstić information content (AvgIpc) is 3.21. The van der Waals surface area contributed by atoms with Gasteiger partial charge in [0.2, 0.25) is 5.90 Å². The van der Waals surface area contributed by atoms with Gasteiger partial charge in [0.25, 0.3) is 0 Å². The van der Waals surface area contributed by atoms with E-state index in [2.05, 4.69) is 27.8 Å². The normalized spacial score (nSPS) is 14.0. The molecular formula is C27H22BrNO5. The van der Waals surface area contributed by atoms with Gasteiger partial charge in [0, 0.05) is 10.0 Å². The number of benzene rings is 3. The van der Waals surface area contributed by atoms with Crippen LogP contribution in [0.2, 0.25) is 0 Å². The molecule has 0 unspecified atom stereocenters. The zero-order chi connectivity index (χ0) is 23.9. The lowest BCUT2D eigenvalue weighted by atomic mass is 10.2. The molecule has 7 heteroatoms. The van der Waals surface area contributed by atoms with Gasteiger partial charge in [0.15, 0.2) is 5.70 Å². The lowest BCUT2D eigenvalue weighted by Crippen LogP contribution is -2.08. The lowest BCUT2D eigenvalue weighted by molar-refractivity contribution is -0.129. The van der Waals surface area contributed by atoms with E-state index in [1.807, 2.05) is 30.3 Å². The number of esters is 2. The Balaban J connectivity index is 1.42. The molecule has 34 heavy (non-hydrogen) atoms. The van der Waals surface area contributed by atoms with Crippen LogP contribution in [0.3, 0.4) is 0 Å². The summed E-state index contributed by atoms with van der Waals surface area (Å²) in [6, 6.07) is 21.0. The molecule has 0 fully saturated rings. The Bertz CT molecular complexity index is 1250. The van der Waals surface area contributed by atoms with Crippen molar-refractivity contribution in [3.8, 4) is 11.5 Å². The summed E-state index contributed by atoms with van der Waals surface area (Å²) in [5.74, 6) is 0.423. The summed E-state index contributed by atoms with van der Waals surface area (Å²) in [6.45, 7) is 2.78. The third-order valence-corrected chi connectivity index (χ3v) is 5.44. The van der Waals surface area contributed by atoms with Crippen molar-refractivity contribution in [1.29, 1.82) is 0 Å². The third-order valence-electron chi connectivity index (χ3n) is 4.94. The highest BCUT2D eigenvalue weighted by Crippen LogP contribution is 2.23. The van der Waals surface area contributed by atoms with E-state index in [0.717, 1.165) is 28.6 Å². The van der Waals surface area contributed by atoms with E-state index < -0.39 is 11.9 Å². The quantitative estimate of drug-likeness (QED) is 0.153. The van der Waals surface area contributed by atoms with Crippen molar-refractivity contribution in [3.05, 3.63) is 99.7 Å². The van der Waals surface area contributed by atoms with Gasteiger partial charge >= 0.3 is 11.9 Å². The second-order valence-electron chi connectivity index (χ2n) is 7.53. The van der Waals surface area contributed by atoms with Crippen LogP contribution in [0.5, 0.6) is 11.5 Å². The molecule has 0 radical (unpaired) electrons. The molecular weight excluding hydrogens is 498 g/mol. The first-order valence-electron chi connectivity index (χ1n) is 10.9. The van der Waals surface area contributed by atoms with Crippen LogP contribution in [-0.4, -0.2) is 24.4 Å². The lowest BCUT2D eigenvalue weighted by Gasteiger charge is -2.05. The van der Waals surface area contributed by atoms with E-state index in [1.165, 1.54) is 0 Å². The predicted molar refractivity (Wildman–Crippen MR) is 133 cm³/mol. The molecule has 1 aliphatic rings. The molecule has 3 aromatic rings.